The van der Waals surface area contributed by atoms with Crippen molar-refractivity contribution in [3.05, 3.63) is 18.2 Å². The first-order valence-electron chi connectivity index (χ1n) is 5.66. The van der Waals surface area contributed by atoms with E-state index < -0.39 is 10.0 Å². The zero-order valence-electron chi connectivity index (χ0n) is 10.9. The first-order valence-corrected chi connectivity index (χ1v) is 7.20. The predicted octanol–water partition coefficient (Wildman–Crippen LogP) is -0.511. The molecule has 8 heteroatoms. The van der Waals surface area contributed by atoms with E-state index in [1.54, 1.807) is 11.9 Å². The molecular weight excluding hydrogens is 268 g/mol. The van der Waals surface area contributed by atoms with Gasteiger partial charge in [0.25, 0.3) is 0 Å². The zero-order valence-corrected chi connectivity index (χ0v) is 11.7. The average molecular weight is 286 g/mol. The molecule has 0 aromatic heterocycles. The van der Waals surface area contributed by atoms with E-state index in [0.29, 0.717) is 17.9 Å². The van der Waals surface area contributed by atoms with Crippen molar-refractivity contribution in [3.63, 3.8) is 0 Å². The van der Waals surface area contributed by atoms with Crippen LogP contribution < -0.4 is 21.1 Å². The van der Waals surface area contributed by atoms with Crippen LogP contribution in [0, 0.1) is 0 Å². The number of primary sulfonamides is 1. The molecule has 0 aliphatic carbocycles. The second-order valence-electron chi connectivity index (χ2n) is 4.08. The summed E-state index contributed by atoms with van der Waals surface area (Å²) in [6.45, 7) is 2.42. The molecule has 1 aromatic carbocycles. The van der Waals surface area contributed by atoms with Crippen LogP contribution in [-0.2, 0) is 14.8 Å². The molecule has 0 radical (unpaired) electrons. The average Bonchev–Trinajstić information content (AvgIpc) is 2.27. The highest BCUT2D eigenvalue weighted by molar-refractivity contribution is 7.89. The summed E-state index contributed by atoms with van der Waals surface area (Å²) in [5, 5.41) is 7.70. The van der Waals surface area contributed by atoms with Crippen molar-refractivity contribution in [2.75, 3.05) is 30.8 Å². The highest BCUT2D eigenvalue weighted by Gasteiger charge is 2.14. The monoisotopic (exact) mass is 286 g/mol. The number of rotatable bonds is 5. The maximum Gasteiger partial charge on any atom is 0.239 e. The van der Waals surface area contributed by atoms with Crippen LogP contribution in [0.15, 0.2) is 23.1 Å². The van der Waals surface area contributed by atoms with E-state index in [4.69, 9.17) is 10.9 Å². The van der Waals surface area contributed by atoms with Gasteiger partial charge in [0, 0.05) is 13.6 Å². The van der Waals surface area contributed by atoms with Crippen LogP contribution in [0.3, 0.4) is 0 Å². The number of carbonyl (C=O) groups excluding carboxylic acids is 1. The Morgan fingerprint density at radius 1 is 1.42 bits per heavy atom. The lowest BCUT2D eigenvalue weighted by atomic mass is 10.2. The van der Waals surface area contributed by atoms with Crippen molar-refractivity contribution in [2.24, 2.45) is 5.14 Å². The van der Waals surface area contributed by atoms with Gasteiger partial charge in [0.05, 0.1) is 22.8 Å². The van der Waals surface area contributed by atoms with Gasteiger partial charge in [-0.1, -0.05) is 0 Å². The number of hydrogen-bond donors (Lipinski definition) is 3. The maximum atomic E-state index is 11.5. The number of amides is 1. The molecule has 1 aromatic rings. The Bertz CT molecular complexity index is 571. The minimum Gasteiger partial charge on any atom is -0.397 e. The number of likely N-dealkylation sites (N-methyl/N-ethyl adjacent to an activating group) is 2. The normalized spacial score (nSPS) is 11.1. The number of sulfonamides is 1. The van der Waals surface area contributed by atoms with Crippen molar-refractivity contribution >= 4 is 27.3 Å². The molecule has 0 saturated carbocycles. The second-order valence-corrected chi connectivity index (χ2v) is 5.64. The van der Waals surface area contributed by atoms with E-state index >= 15 is 0 Å². The predicted molar refractivity (Wildman–Crippen MR) is 74.2 cm³/mol. The smallest absolute Gasteiger partial charge is 0.239 e. The Labute approximate surface area is 112 Å². The molecule has 0 heterocycles. The number of nitrogen functional groups attached to an aromatic ring is 1. The third kappa shape index (κ3) is 4.11. The summed E-state index contributed by atoms with van der Waals surface area (Å²) in [6.07, 6.45) is 0. The van der Waals surface area contributed by atoms with Gasteiger partial charge >= 0.3 is 0 Å². The lowest BCUT2D eigenvalue weighted by molar-refractivity contribution is -0.119. The van der Waals surface area contributed by atoms with E-state index in [1.165, 1.54) is 18.2 Å². The molecule has 0 spiro atoms. The van der Waals surface area contributed by atoms with Gasteiger partial charge in [0.1, 0.15) is 0 Å². The van der Waals surface area contributed by atoms with Crippen LogP contribution in [-0.4, -0.2) is 34.5 Å². The molecule has 0 fully saturated rings. The number of nitrogens with one attached hydrogen (secondary N) is 1. The quantitative estimate of drug-likeness (QED) is 0.630. The number of hydrogen-bond acceptors (Lipinski definition) is 5. The number of carbonyl (C=O) groups is 1. The van der Waals surface area contributed by atoms with Gasteiger partial charge in [-0.2, -0.15) is 0 Å². The molecule has 5 N–H and O–H groups in total. The van der Waals surface area contributed by atoms with Crippen molar-refractivity contribution in [1.29, 1.82) is 0 Å². The molecule has 0 aliphatic rings. The molecule has 0 unspecified atom stereocenters. The molecule has 1 amide bonds. The molecule has 0 aliphatic heterocycles. The summed E-state index contributed by atoms with van der Waals surface area (Å²) in [6, 6.07) is 4.13. The van der Waals surface area contributed by atoms with E-state index in [9.17, 15) is 13.2 Å². The largest absolute Gasteiger partial charge is 0.397 e. The highest BCUT2D eigenvalue weighted by Crippen LogP contribution is 2.25. The molecule has 0 saturated heterocycles. The van der Waals surface area contributed by atoms with Gasteiger partial charge in [-0.25, -0.2) is 13.6 Å². The van der Waals surface area contributed by atoms with E-state index in [0.717, 1.165) is 0 Å². The fraction of sp³-hybridized carbons (Fsp3) is 0.364. The van der Waals surface area contributed by atoms with Gasteiger partial charge in [-0.3, -0.25) is 4.79 Å². The number of nitrogens with zero attached hydrogens (tertiary/aromatic N) is 1. The standard InChI is InChI=1S/C11H18N4O3S/c1-3-14-11(16)7-15(2)10-6-8(19(13,17)18)4-5-9(10)12/h4-6H,3,7,12H2,1-2H3,(H,14,16)(H2,13,17,18). The Morgan fingerprint density at radius 3 is 2.58 bits per heavy atom. The Morgan fingerprint density at radius 2 is 2.05 bits per heavy atom. The van der Waals surface area contributed by atoms with Crippen LogP contribution in [0.25, 0.3) is 0 Å². The lowest BCUT2D eigenvalue weighted by Gasteiger charge is -2.21. The number of anilines is 2. The molecule has 7 nitrogen and oxygen atoms in total. The summed E-state index contributed by atoms with van der Waals surface area (Å²) < 4.78 is 22.6. The lowest BCUT2D eigenvalue weighted by Crippen LogP contribution is -2.35. The molecule has 1 rings (SSSR count). The van der Waals surface area contributed by atoms with Crippen molar-refractivity contribution in [1.82, 2.24) is 5.32 Å². The Hall–Kier alpha value is -1.80. The van der Waals surface area contributed by atoms with Gasteiger partial charge in [-0.05, 0) is 25.1 Å². The van der Waals surface area contributed by atoms with Gasteiger partial charge in [-0.15, -0.1) is 0 Å². The second kappa shape index (κ2) is 5.89. The first kappa shape index (κ1) is 15.3. The summed E-state index contributed by atoms with van der Waals surface area (Å²) in [7, 11) is -2.15. The van der Waals surface area contributed by atoms with Crippen LogP contribution in [0.4, 0.5) is 11.4 Å². The Kier molecular flexibility index (Phi) is 4.73. The Balaban J connectivity index is 3.02. The fourth-order valence-electron chi connectivity index (χ4n) is 1.58. The van der Waals surface area contributed by atoms with Crippen LogP contribution in [0.5, 0.6) is 0 Å². The summed E-state index contributed by atoms with van der Waals surface area (Å²) in [5.41, 5.74) is 6.59. The highest BCUT2D eigenvalue weighted by atomic mass is 32.2. The summed E-state index contributed by atoms with van der Waals surface area (Å²) in [5.74, 6) is -0.176. The molecular formula is C11H18N4O3S. The third-order valence-corrected chi connectivity index (χ3v) is 3.41. The number of benzene rings is 1. The molecule has 0 atom stereocenters. The zero-order chi connectivity index (χ0) is 14.6. The van der Waals surface area contributed by atoms with Gasteiger partial charge in [0.2, 0.25) is 15.9 Å². The third-order valence-electron chi connectivity index (χ3n) is 2.50. The van der Waals surface area contributed by atoms with Crippen LogP contribution >= 0.6 is 0 Å². The van der Waals surface area contributed by atoms with E-state index in [1.807, 2.05) is 6.92 Å². The molecule has 19 heavy (non-hydrogen) atoms. The van der Waals surface area contributed by atoms with Crippen molar-refractivity contribution in [2.45, 2.75) is 11.8 Å². The SMILES string of the molecule is CCNC(=O)CN(C)c1cc(S(N)(=O)=O)ccc1N. The minimum atomic E-state index is -3.80. The van der Waals surface area contributed by atoms with E-state index in [-0.39, 0.29) is 17.3 Å². The van der Waals surface area contributed by atoms with E-state index in [2.05, 4.69) is 5.32 Å². The van der Waals surface area contributed by atoms with Crippen molar-refractivity contribution < 1.29 is 13.2 Å². The van der Waals surface area contributed by atoms with Crippen LogP contribution in [0.1, 0.15) is 6.92 Å². The maximum absolute atomic E-state index is 11.5. The van der Waals surface area contributed by atoms with Gasteiger partial charge in [0.15, 0.2) is 0 Å². The first-order chi connectivity index (χ1) is 8.75. The van der Waals surface area contributed by atoms with Gasteiger partial charge < -0.3 is 16.0 Å². The number of nitrogens with two attached hydrogens (primary N) is 2. The topological polar surface area (TPSA) is 119 Å². The summed E-state index contributed by atoms with van der Waals surface area (Å²) in [4.78, 5) is 13.0. The van der Waals surface area contributed by atoms with Crippen molar-refractivity contribution in [3.8, 4) is 0 Å². The van der Waals surface area contributed by atoms with Crippen LogP contribution in [0.2, 0.25) is 0 Å². The molecule has 106 valence electrons. The summed E-state index contributed by atoms with van der Waals surface area (Å²) >= 11 is 0. The molecule has 0 bridgehead atoms. The fourth-order valence-corrected chi connectivity index (χ4v) is 2.12. The minimum absolute atomic E-state index is 0.0422.